The van der Waals surface area contributed by atoms with Crippen LogP contribution in [0.3, 0.4) is 0 Å². The van der Waals surface area contributed by atoms with Gasteiger partial charge in [-0.1, -0.05) is 0 Å². The van der Waals surface area contributed by atoms with Crippen molar-refractivity contribution < 1.29 is 13.2 Å². The van der Waals surface area contributed by atoms with Gasteiger partial charge in [-0.15, -0.1) is 11.6 Å². The van der Waals surface area contributed by atoms with Gasteiger partial charge in [-0.05, 0) is 20.3 Å². The highest BCUT2D eigenvalue weighted by molar-refractivity contribution is 7.89. The SMILES string of the molecule is COCCC(CCl)NS(=O)(=O)c1c(C)nn(C)c1C. The second-order valence-corrected chi connectivity index (χ2v) is 6.34. The van der Waals surface area contributed by atoms with Gasteiger partial charge < -0.3 is 4.74 Å². The number of methoxy groups -OCH3 is 1. The van der Waals surface area contributed by atoms with Gasteiger partial charge in [0.1, 0.15) is 4.90 Å². The molecular formula is C11H20ClN3O3S. The van der Waals surface area contributed by atoms with Crippen LogP contribution in [0.2, 0.25) is 0 Å². The summed E-state index contributed by atoms with van der Waals surface area (Å²) in [6, 6.07) is -0.356. The molecule has 110 valence electrons. The van der Waals surface area contributed by atoms with Crippen molar-refractivity contribution >= 4 is 21.6 Å². The van der Waals surface area contributed by atoms with E-state index >= 15 is 0 Å². The topological polar surface area (TPSA) is 73.2 Å². The van der Waals surface area contributed by atoms with Crippen molar-refractivity contribution in [3.05, 3.63) is 11.4 Å². The minimum Gasteiger partial charge on any atom is -0.385 e. The first-order valence-electron chi connectivity index (χ1n) is 5.91. The monoisotopic (exact) mass is 309 g/mol. The lowest BCUT2D eigenvalue weighted by Crippen LogP contribution is -2.37. The molecule has 1 heterocycles. The third-order valence-corrected chi connectivity index (χ3v) is 5.03. The number of aromatic nitrogens is 2. The molecule has 0 spiro atoms. The van der Waals surface area contributed by atoms with Gasteiger partial charge in [0.05, 0.1) is 11.4 Å². The van der Waals surface area contributed by atoms with E-state index in [-0.39, 0.29) is 16.8 Å². The molecule has 0 fully saturated rings. The molecule has 0 amide bonds. The third kappa shape index (κ3) is 3.92. The van der Waals surface area contributed by atoms with Gasteiger partial charge >= 0.3 is 0 Å². The smallest absolute Gasteiger partial charge is 0.244 e. The molecule has 0 aliphatic heterocycles. The summed E-state index contributed by atoms with van der Waals surface area (Å²) in [7, 11) is -0.338. The zero-order valence-corrected chi connectivity index (χ0v) is 13.2. The van der Waals surface area contributed by atoms with Crippen LogP contribution >= 0.6 is 11.6 Å². The zero-order valence-electron chi connectivity index (χ0n) is 11.6. The molecule has 0 saturated heterocycles. The van der Waals surface area contributed by atoms with Gasteiger partial charge in [-0.25, -0.2) is 13.1 Å². The Morgan fingerprint density at radius 2 is 2.11 bits per heavy atom. The van der Waals surface area contributed by atoms with E-state index in [1.807, 2.05) is 0 Å². The molecule has 0 aliphatic carbocycles. The van der Waals surface area contributed by atoms with E-state index in [0.29, 0.717) is 24.4 Å². The Labute approximate surface area is 119 Å². The average Bonchev–Trinajstić information content (AvgIpc) is 2.59. The van der Waals surface area contributed by atoms with Crippen molar-refractivity contribution in [2.75, 3.05) is 19.6 Å². The van der Waals surface area contributed by atoms with Gasteiger partial charge in [-0.2, -0.15) is 5.10 Å². The van der Waals surface area contributed by atoms with Crippen molar-refractivity contribution in [1.29, 1.82) is 0 Å². The molecule has 1 atom stereocenters. The van der Waals surface area contributed by atoms with Gasteiger partial charge in [0.15, 0.2) is 0 Å². The highest BCUT2D eigenvalue weighted by Gasteiger charge is 2.26. The summed E-state index contributed by atoms with van der Waals surface area (Å²) in [5, 5.41) is 4.11. The Morgan fingerprint density at radius 3 is 2.53 bits per heavy atom. The van der Waals surface area contributed by atoms with Crippen LogP contribution in [0.5, 0.6) is 0 Å². The fraction of sp³-hybridized carbons (Fsp3) is 0.727. The number of halogens is 1. The lowest BCUT2D eigenvalue weighted by atomic mass is 10.3. The minimum atomic E-state index is -3.62. The molecule has 0 saturated carbocycles. The van der Waals surface area contributed by atoms with E-state index in [1.54, 1.807) is 32.7 Å². The predicted molar refractivity (Wildman–Crippen MR) is 74.0 cm³/mol. The van der Waals surface area contributed by atoms with Crippen LogP contribution in [0.25, 0.3) is 0 Å². The molecule has 1 aromatic heterocycles. The summed E-state index contributed by atoms with van der Waals surface area (Å²) in [4.78, 5) is 0.225. The first-order valence-corrected chi connectivity index (χ1v) is 7.92. The molecule has 0 bridgehead atoms. The summed E-state index contributed by atoms with van der Waals surface area (Å²) < 4.78 is 33.8. The summed E-state index contributed by atoms with van der Waals surface area (Å²) in [6.45, 7) is 3.84. The number of ether oxygens (including phenoxy) is 1. The third-order valence-electron chi connectivity index (χ3n) is 2.89. The molecule has 0 aromatic carbocycles. The average molecular weight is 310 g/mol. The Bertz CT molecular complexity index is 528. The number of hydrogen-bond acceptors (Lipinski definition) is 4. The van der Waals surface area contributed by atoms with Gasteiger partial charge in [0.25, 0.3) is 0 Å². The maximum atomic E-state index is 12.4. The van der Waals surface area contributed by atoms with E-state index in [4.69, 9.17) is 16.3 Å². The van der Waals surface area contributed by atoms with E-state index in [0.717, 1.165) is 0 Å². The van der Waals surface area contributed by atoms with Crippen LogP contribution in [-0.2, 0) is 21.8 Å². The maximum absolute atomic E-state index is 12.4. The Balaban J connectivity index is 2.97. The van der Waals surface area contributed by atoms with Crippen LogP contribution in [0.15, 0.2) is 4.90 Å². The molecule has 1 unspecified atom stereocenters. The largest absolute Gasteiger partial charge is 0.385 e. The van der Waals surface area contributed by atoms with Crippen LogP contribution in [0.1, 0.15) is 17.8 Å². The first kappa shape index (κ1) is 16.4. The van der Waals surface area contributed by atoms with Crippen LogP contribution in [-0.4, -0.2) is 43.8 Å². The Morgan fingerprint density at radius 1 is 1.47 bits per heavy atom. The van der Waals surface area contributed by atoms with E-state index < -0.39 is 10.0 Å². The normalized spacial score (nSPS) is 13.7. The van der Waals surface area contributed by atoms with Crippen LogP contribution in [0.4, 0.5) is 0 Å². The molecule has 0 aliphatic rings. The van der Waals surface area contributed by atoms with Crippen LogP contribution < -0.4 is 4.72 Å². The number of sulfonamides is 1. The van der Waals surface area contributed by atoms with Crippen molar-refractivity contribution in [2.24, 2.45) is 7.05 Å². The maximum Gasteiger partial charge on any atom is 0.244 e. The summed E-state index contributed by atoms with van der Waals surface area (Å²) in [5.41, 5.74) is 1.08. The highest BCUT2D eigenvalue weighted by Crippen LogP contribution is 2.19. The van der Waals surface area contributed by atoms with Crippen molar-refractivity contribution in [3.63, 3.8) is 0 Å². The fourth-order valence-electron chi connectivity index (χ4n) is 1.85. The quantitative estimate of drug-likeness (QED) is 0.761. The lowest BCUT2D eigenvalue weighted by Gasteiger charge is -2.16. The summed E-state index contributed by atoms with van der Waals surface area (Å²) in [5.74, 6) is 0.195. The fourth-order valence-corrected chi connectivity index (χ4v) is 3.88. The predicted octanol–water partition coefficient (Wildman–Crippen LogP) is 0.959. The van der Waals surface area contributed by atoms with Crippen LogP contribution in [0, 0.1) is 13.8 Å². The number of hydrogen-bond donors (Lipinski definition) is 1. The molecule has 1 aromatic rings. The van der Waals surface area contributed by atoms with Gasteiger partial charge in [0, 0.05) is 32.7 Å². The number of rotatable bonds is 7. The number of nitrogens with one attached hydrogen (secondary N) is 1. The molecule has 19 heavy (non-hydrogen) atoms. The van der Waals surface area contributed by atoms with Gasteiger partial charge in [0.2, 0.25) is 10.0 Å². The number of alkyl halides is 1. The van der Waals surface area contributed by atoms with E-state index in [1.165, 1.54) is 0 Å². The number of aryl methyl sites for hydroxylation is 2. The Hall–Kier alpha value is -0.630. The molecule has 6 nitrogen and oxygen atoms in total. The molecule has 8 heteroatoms. The van der Waals surface area contributed by atoms with Crippen molar-refractivity contribution in [2.45, 2.75) is 31.2 Å². The lowest BCUT2D eigenvalue weighted by molar-refractivity contribution is 0.188. The number of nitrogens with zero attached hydrogens (tertiary/aromatic N) is 2. The first-order chi connectivity index (χ1) is 8.83. The second-order valence-electron chi connectivity index (χ2n) is 4.38. The minimum absolute atomic E-state index is 0.195. The van der Waals surface area contributed by atoms with E-state index in [2.05, 4.69) is 9.82 Å². The van der Waals surface area contributed by atoms with Crippen molar-refractivity contribution in [3.8, 4) is 0 Å². The summed E-state index contributed by atoms with van der Waals surface area (Å²) in [6.07, 6.45) is 0.525. The second kappa shape index (κ2) is 6.69. The highest BCUT2D eigenvalue weighted by atomic mass is 35.5. The van der Waals surface area contributed by atoms with E-state index in [9.17, 15) is 8.42 Å². The molecule has 1 N–H and O–H groups in total. The van der Waals surface area contributed by atoms with Crippen molar-refractivity contribution in [1.82, 2.24) is 14.5 Å². The molecule has 1 rings (SSSR count). The standard InChI is InChI=1S/C11H20ClN3O3S/c1-8-11(9(2)15(3)13-8)19(16,17)14-10(7-12)5-6-18-4/h10,14H,5-7H2,1-4H3. The van der Waals surface area contributed by atoms with Gasteiger partial charge in [-0.3, -0.25) is 4.68 Å². The summed E-state index contributed by atoms with van der Waals surface area (Å²) >= 11 is 5.78. The Kier molecular flexibility index (Phi) is 5.79. The molecule has 0 radical (unpaired) electrons. The zero-order chi connectivity index (χ0) is 14.6. The molecular weight excluding hydrogens is 290 g/mol.